The number of rotatable bonds is 2. The molecule has 0 amide bonds. The molecule has 0 N–H and O–H groups in total. The third kappa shape index (κ3) is 1.36. The van der Waals surface area contributed by atoms with Crippen molar-refractivity contribution < 1.29 is 9.90 Å². The summed E-state index contributed by atoms with van der Waals surface area (Å²) in [6, 6.07) is 1.65. The highest BCUT2D eigenvalue weighted by Crippen LogP contribution is 2.13. The van der Waals surface area contributed by atoms with Crippen molar-refractivity contribution in [2.24, 2.45) is 0 Å². The lowest BCUT2D eigenvalue weighted by Gasteiger charge is -1.93. The van der Waals surface area contributed by atoms with Crippen molar-refractivity contribution in [2.75, 3.05) is 0 Å². The van der Waals surface area contributed by atoms with Gasteiger partial charge >= 0.3 is 0 Å². The summed E-state index contributed by atoms with van der Waals surface area (Å²) < 4.78 is 0. The second kappa shape index (κ2) is 2.84. The fourth-order valence-electron chi connectivity index (χ4n) is 0.673. The zero-order chi connectivity index (χ0) is 7.56. The molecule has 54 valence electrons. The number of hydrogen-bond acceptors (Lipinski definition) is 3. The summed E-state index contributed by atoms with van der Waals surface area (Å²) >= 11 is 1.46. The summed E-state index contributed by atoms with van der Waals surface area (Å²) in [5.74, 6) is -1.09. The molecule has 0 bridgehead atoms. The molecule has 0 saturated heterocycles. The molecule has 0 aliphatic heterocycles. The predicted molar refractivity (Wildman–Crippen MR) is 38.0 cm³/mol. The lowest BCUT2D eigenvalue weighted by atomic mass is 10.3. The number of hydrogen-bond donors (Lipinski definition) is 0. The van der Waals surface area contributed by atoms with Gasteiger partial charge < -0.3 is 9.90 Å². The largest absolute Gasteiger partial charge is 0.545 e. The monoisotopic (exact) mass is 155 g/mol. The van der Waals surface area contributed by atoms with Crippen molar-refractivity contribution in [1.82, 2.24) is 0 Å². The van der Waals surface area contributed by atoms with Crippen molar-refractivity contribution in [1.29, 1.82) is 0 Å². The summed E-state index contributed by atoms with van der Waals surface area (Å²) in [5.41, 5.74) is 0.293. The highest BCUT2D eigenvalue weighted by atomic mass is 32.1. The van der Waals surface area contributed by atoms with Gasteiger partial charge in [-0.2, -0.15) is 0 Å². The van der Waals surface area contributed by atoms with Gasteiger partial charge in [0.05, 0.1) is 5.97 Å². The Labute approximate surface area is 63.1 Å². The van der Waals surface area contributed by atoms with Gasteiger partial charge in [0.15, 0.2) is 0 Å². The molecule has 2 nitrogen and oxygen atoms in total. The van der Waals surface area contributed by atoms with Gasteiger partial charge in [0.25, 0.3) is 0 Å². The number of carbonyl (C=O) groups is 1. The minimum Gasteiger partial charge on any atom is -0.545 e. The maximum Gasteiger partial charge on any atom is 0.0723 e. The van der Waals surface area contributed by atoms with Crippen LogP contribution in [0, 0.1) is 0 Å². The first-order valence-corrected chi connectivity index (χ1v) is 3.90. The molecule has 0 aromatic carbocycles. The molecule has 1 aromatic heterocycles. The average molecular weight is 155 g/mol. The number of carbonyl (C=O) groups excluding carboxylic acids is 1. The number of aromatic carboxylic acids is 1. The van der Waals surface area contributed by atoms with E-state index in [-0.39, 0.29) is 0 Å². The van der Waals surface area contributed by atoms with Gasteiger partial charge in [-0.1, -0.05) is 6.92 Å². The lowest BCUT2D eigenvalue weighted by Crippen LogP contribution is -2.21. The first-order chi connectivity index (χ1) is 4.74. The van der Waals surface area contributed by atoms with E-state index in [1.807, 2.05) is 6.92 Å². The Balaban J connectivity index is 2.88. The van der Waals surface area contributed by atoms with E-state index < -0.39 is 5.97 Å². The molecule has 1 rings (SSSR count). The Morgan fingerprint density at radius 1 is 1.80 bits per heavy atom. The van der Waals surface area contributed by atoms with Gasteiger partial charge in [-0.05, 0) is 12.5 Å². The topological polar surface area (TPSA) is 40.1 Å². The van der Waals surface area contributed by atoms with Crippen molar-refractivity contribution in [3.63, 3.8) is 0 Å². The van der Waals surface area contributed by atoms with Crippen LogP contribution in [0.25, 0.3) is 0 Å². The molecule has 0 spiro atoms. The molecule has 3 heteroatoms. The molecule has 0 aliphatic carbocycles. The maximum atomic E-state index is 10.2. The van der Waals surface area contributed by atoms with Crippen LogP contribution in [0.5, 0.6) is 0 Å². The van der Waals surface area contributed by atoms with Crippen molar-refractivity contribution in [2.45, 2.75) is 13.3 Å². The molecule has 0 aliphatic rings. The van der Waals surface area contributed by atoms with Crippen LogP contribution in [0.3, 0.4) is 0 Å². The SMILES string of the molecule is CCc1cc(C(=O)[O-])cs1. The first-order valence-electron chi connectivity index (χ1n) is 3.02. The minimum atomic E-state index is -1.09. The normalized spacial score (nSPS) is 9.70. The van der Waals surface area contributed by atoms with E-state index in [2.05, 4.69) is 0 Å². The standard InChI is InChI=1S/C7H8O2S/c1-2-6-3-5(4-10-6)7(8)9/h3-4H,2H2,1H3,(H,8,9)/p-1. The molecule has 1 heterocycles. The van der Waals surface area contributed by atoms with Crippen molar-refractivity contribution in [3.05, 3.63) is 21.9 Å². The molecule has 0 unspecified atom stereocenters. The van der Waals surface area contributed by atoms with Gasteiger partial charge in [-0.15, -0.1) is 11.3 Å². The van der Waals surface area contributed by atoms with Crippen LogP contribution in [-0.4, -0.2) is 5.97 Å². The summed E-state index contributed by atoms with van der Waals surface area (Å²) in [7, 11) is 0. The van der Waals surface area contributed by atoms with E-state index in [0.29, 0.717) is 5.56 Å². The van der Waals surface area contributed by atoms with Crippen LogP contribution in [-0.2, 0) is 6.42 Å². The summed E-state index contributed by atoms with van der Waals surface area (Å²) in [4.78, 5) is 11.3. The Morgan fingerprint density at radius 2 is 2.50 bits per heavy atom. The summed E-state index contributed by atoms with van der Waals surface area (Å²) in [5, 5.41) is 11.8. The Morgan fingerprint density at radius 3 is 2.80 bits per heavy atom. The van der Waals surface area contributed by atoms with E-state index in [0.717, 1.165) is 11.3 Å². The zero-order valence-electron chi connectivity index (χ0n) is 5.59. The average Bonchev–Trinajstić information content (AvgIpc) is 2.34. The number of thiophene rings is 1. The van der Waals surface area contributed by atoms with Gasteiger partial charge in [0, 0.05) is 15.8 Å². The Bertz CT molecular complexity index is 240. The molecule has 0 radical (unpaired) electrons. The van der Waals surface area contributed by atoms with Crippen LogP contribution >= 0.6 is 11.3 Å². The quantitative estimate of drug-likeness (QED) is 0.630. The molecular formula is C7H7O2S-. The van der Waals surface area contributed by atoms with Gasteiger partial charge in [-0.3, -0.25) is 0 Å². The van der Waals surface area contributed by atoms with E-state index in [1.54, 1.807) is 11.4 Å². The van der Waals surface area contributed by atoms with E-state index in [9.17, 15) is 9.90 Å². The number of carboxylic acid groups (broad SMARTS) is 1. The van der Waals surface area contributed by atoms with E-state index >= 15 is 0 Å². The minimum absolute atomic E-state index is 0.293. The number of aryl methyl sites for hydroxylation is 1. The van der Waals surface area contributed by atoms with Crippen LogP contribution in [0.15, 0.2) is 11.4 Å². The second-order valence-corrected chi connectivity index (χ2v) is 2.94. The zero-order valence-corrected chi connectivity index (χ0v) is 6.40. The predicted octanol–water partition coefficient (Wildman–Crippen LogP) is 0.674. The summed E-state index contributed by atoms with van der Waals surface area (Å²) in [6.07, 6.45) is 0.887. The van der Waals surface area contributed by atoms with E-state index in [4.69, 9.17) is 0 Å². The third-order valence-corrected chi connectivity index (χ3v) is 2.32. The lowest BCUT2D eigenvalue weighted by molar-refractivity contribution is -0.255. The van der Waals surface area contributed by atoms with Crippen LogP contribution < -0.4 is 5.11 Å². The van der Waals surface area contributed by atoms with Crippen LogP contribution in [0.1, 0.15) is 22.2 Å². The maximum absolute atomic E-state index is 10.2. The van der Waals surface area contributed by atoms with Crippen LogP contribution in [0.2, 0.25) is 0 Å². The fraction of sp³-hybridized carbons (Fsp3) is 0.286. The number of carboxylic acids is 1. The van der Waals surface area contributed by atoms with Crippen LogP contribution in [0.4, 0.5) is 0 Å². The van der Waals surface area contributed by atoms with Crippen molar-refractivity contribution in [3.8, 4) is 0 Å². The highest BCUT2D eigenvalue weighted by molar-refractivity contribution is 7.10. The molecule has 0 saturated carbocycles. The van der Waals surface area contributed by atoms with Crippen molar-refractivity contribution >= 4 is 17.3 Å². The fourth-order valence-corrected chi connectivity index (χ4v) is 1.48. The molecule has 0 fully saturated rings. The molecule has 1 aromatic rings. The Kier molecular flexibility index (Phi) is 2.06. The highest BCUT2D eigenvalue weighted by Gasteiger charge is 1.96. The van der Waals surface area contributed by atoms with Gasteiger partial charge in [0.2, 0.25) is 0 Å². The summed E-state index contributed by atoms with van der Waals surface area (Å²) in [6.45, 7) is 1.99. The van der Waals surface area contributed by atoms with E-state index in [1.165, 1.54) is 11.3 Å². The second-order valence-electron chi connectivity index (χ2n) is 1.94. The molecule has 0 atom stereocenters. The first kappa shape index (κ1) is 7.28. The Hall–Kier alpha value is -0.830. The van der Waals surface area contributed by atoms with Gasteiger partial charge in [0.1, 0.15) is 0 Å². The molecular weight excluding hydrogens is 148 g/mol. The smallest absolute Gasteiger partial charge is 0.0723 e. The third-order valence-electron chi connectivity index (χ3n) is 1.24. The van der Waals surface area contributed by atoms with Gasteiger partial charge in [-0.25, -0.2) is 0 Å². The molecule has 10 heavy (non-hydrogen) atoms.